The van der Waals surface area contributed by atoms with Crippen molar-refractivity contribution < 1.29 is 9.66 Å². The second kappa shape index (κ2) is 5.62. The molecular formula is C12H11ClN4O3. The number of nitrogen functional groups attached to an aromatic ring is 1. The highest BCUT2D eigenvalue weighted by Crippen LogP contribution is 2.29. The zero-order valence-corrected chi connectivity index (χ0v) is 11.2. The lowest BCUT2D eigenvalue weighted by atomic mass is 10.3. The summed E-state index contributed by atoms with van der Waals surface area (Å²) in [6.07, 6.45) is 0. The van der Waals surface area contributed by atoms with Crippen molar-refractivity contribution >= 4 is 34.6 Å². The van der Waals surface area contributed by atoms with Crippen molar-refractivity contribution in [2.45, 2.75) is 0 Å². The van der Waals surface area contributed by atoms with Crippen LogP contribution in [0.25, 0.3) is 0 Å². The predicted octanol–water partition coefficient (Wildman–Crippen LogP) is 2.98. The fourth-order valence-electron chi connectivity index (χ4n) is 1.60. The van der Waals surface area contributed by atoms with Gasteiger partial charge in [0.1, 0.15) is 17.4 Å². The summed E-state index contributed by atoms with van der Waals surface area (Å²) in [5, 5.41) is 14.1. The largest absolute Gasteiger partial charge is 0.495 e. The minimum atomic E-state index is -0.537. The number of anilines is 3. The zero-order valence-electron chi connectivity index (χ0n) is 10.5. The molecule has 0 aliphatic rings. The Bertz CT molecular complexity index is 663. The standard InChI is InChI=1S/C12H11ClN4O3/c1-20-10-3-2-7(4-9(10)13)15-12-6-8(17(18)19)5-11(14)16-12/h2-6H,1H3,(H3,14,15,16). The Morgan fingerprint density at radius 3 is 2.75 bits per heavy atom. The van der Waals surface area contributed by atoms with Crippen molar-refractivity contribution in [3.63, 3.8) is 0 Å². The second-order valence-electron chi connectivity index (χ2n) is 3.87. The van der Waals surface area contributed by atoms with Crippen LogP contribution in [0.1, 0.15) is 0 Å². The van der Waals surface area contributed by atoms with Crippen LogP contribution in [-0.4, -0.2) is 17.0 Å². The number of nitro groups is 1. The molecule has 0 atom stereocenters. The van der Waals surface area contributed by atoms with Crippen LogP contribution >= 0.6 is 11.6 Å². The number of nitrogens with two attached hydrogens (primary N) is 1. The van der Waals surface area contributed by atoms with E-state index in [0.717, 1.165) is 0 Å². The number of benzene rings is 1. The average molecular weight is 295 g/mol. The number of nitrogens with zero attached hydrogens (tertiary/aromatic N) is 2. The number of ether oxygens (including phenoxy) is 1. The van der Waals surface area contributed by atoms with Crippen molar-refractivity contribution in [2.24, 2.45) is 0 Å². The monoisotopic (exact) mass is 294 g/mol. The molecule has 0 fully saturated rings. The molecule has 0 amide bonds. The normalized spacial score (nSPS) is 10.1. The van der Waals surface area contributed by atoms with E-state index in [1.165, 1.54) is 19.2 Å². The summed E-state index contributed by atoms with van der Waals surface area (Å²) >= 11 is 5.99. The van der Waals surface area contributed by atoms with Crippen LogP contribution in [0.15, 0.2) is 30.3 Å². The maximum Gasteiger partial charge on any atom is 0.276 e. The van der Waals surface area contributed by atoms with Crippen molar-refractivity contribution in [3.05, 3.63) is 45.5 Å². The number of rotatable bonds is 4. The van der Waals surface area contributed by atoms with Gasteiger partial charge in [-0.2, -0.15) is 0 Å². The lowest BCUT2D eigenvalue weighted by molar-refractivity contribution is -0.384. The highest BCUT2D eigenvalue weighted by molar-refractivity contribution is 6.32. The van der Waals surface area contributed by atoms with E-state index in [2.05, 4.69) is 10.3 Å². The molecule has 0 aliphatic carbocycles. The zero-order chi connectivity index (χ0) is 14.7. The van der Waals surface area contributed by atoms with Crippen LogP contribution in [0, 0.1) is 10.1 Å². The van der Waals surface area contributed by atoms with E-state index in [0.29, 0.717) is 16.5 Å². The predicted molar refractivity (Wildman–Crippen MR) is 76.6 cm³/mol. The highest BCUT2D eigenvalue weighted by atomic mass is 35.5. The summed E-state index contributed by atoms with van der Waals surface area (Å²) in [6, 6.07) is 7.48. The SMILES string of the molecule is COc1ccc(Nc2cc([N+](=O)[O-])cc(N)n2)cc1Cl. The molecule has 0 aliphatic heterocycles. The van der Waals surface area contributed by atoms with E-state index in [1.807, 2.05) is 0 Å². The number of hydrogen-bond donors (Lipinski definition) is 2. The Balaban J connectivity index is 2.30. The number of nitrogens with one attached hydrogen (secondary N) is 1. The van der Waals surface area contributed by atoms with Gasteiger partial charge in [-0.1, -0.05) is 11.6 Å². The van der Waals surface area contributed by atoms with Crippen LogP contribution in [0.3, 0.4) is 0 Å². The third kappa shape index (κ3) is 3.07. The van der Waals surface area contributed by atoms with Crippen LogP contribution in [0.2, 0.25) is 5.02 Å². The van der Waals surface area contributed by atoms with Crippen LogP contribution < -0.4 is 15.8 Å². The lowest BCUT2D eigenvalue weighted by Crippen LogP contribution is -2.00. The number of methoxy groups -OCH3 is 1. The third-order valence-corrected chi connectivity index (χ3v) is 2.76. The minimum absolute atomic E-state index is 0.0568. The van der Waals surface area contributed by atoms with Gasteiger partial charge >= 0.3 is 0 Å². The van der Waals surface area contributed by atoms with Gasteiger partial charge in [0, 0.05) is 5.69 Å². The van der Waals surface area contributed by atoms with Gasteiger partial charge in [-0.25, -0.2) is 4.98 Å². The van der Waals surface area contributed by atoms with Gasteiger partial charge in [0.2, 0.25) is 0 Å². The number of pyridine rings is 1. The molecule has 0 radical (unpaired) electrons. The van der Waals surface area contributed by atoms with E-state index in [-0.39, 0.29) is 17.3 Å². The summed E-state index contributed by atoms with van der Waals surface area (Å²) in [5.74, 6) is 0.850. The van der Waals surface area contributed by atoms with Gasteiger partial charge in [0.25, 0.3) is 5.69 Å². The maximum atomic E-state index is 10.8. The first-order valence-corrected chi connectivity index (χ1v) is 5.90. The van der Waals surface area contributed by atoms with Gasteiger partial charge in [-0.15, -0.1) is 0 Å². The van der Waals surface area contributed by atoms with Crippen molar-refractivity contribution in [3.8, 4) is 5.75 Å². The highest BCUT2D eigenvalue weighted by Gasteiger charge is 2.10. The van der Waals surface area contributed by atoms with Gasteiger partial charge < -0.3 is 15.8 Å². The van der Waals surface area contributed by atoms with Gasteiger partial charge in [-0.3, -0.25) is 10.1 Å². The third-order valence-electron chi connectivity index (χ3n) is 2.46. The topological polar surface area (TPSA) is 103 Å². The molecule has 20 heavy (non-hydrogen) atoms. The minimum Gasteiger partial charge on any atom is -0.495 e. The molecule has 0 unspecified atom stereocenters. The average Bonchev–Trinajstić information content (AvgIpc) is 2.38. The quantitative estimate of drug-likeness (QED) is 0.663. The van der Waals surface area contributed by atoms with E-state index >= 15 is 0 Å². The van der Waals surface area contributed by atoms with E-state index in [4.69, 9.17) is 22.1 Å². The molecule has 0 saturated heterocycles. The van der Waals surface area contributed by atoms with E-state index in [9.17, 15) is 10.1 Å². The maximum absolute atomic E-state index is 10.8. The van der Waals surface area contributed by atoms with Crippen molar-refractivity contribution in [1.82, 2.24) is 4.98 Å². The lowest BCUT2D eigenvalue weighted by Gasteiger charge is -2.08. The molecule has 0 saturated carbocycles. The van der Waals surface area contributed by atoms with Crippen molar-refractivity contribution in [2.75, 3.05) is 18.2 Å². The molecule has 1 aromatic heterocycles. The van der Waals surface area contributed by atoms with Crippen LogP contribution in [-0.2, 0) is 0 Å². The Morgan fingerprint density at radius 2 is 2.15 bits per heavy atom. The summed E-state index contributed by atoms with van der Waals surface area (Å²) in [6.45, 7) is 0. The number of aromatic nitrogens is 1. The first-order chi connectivity index (χ1) is 9.49. The Kier molecular flexibility index (Phi) is 3.90. The second-order valence-corrected chi connectivity index (χ2v) is 4.27. The molecule has 7 nitrogen and oxygen atoms in total. The summed E-state index contributed by atoms with van der Waals surface area (Å²) in [4.78, 5) is 14.2. The number of halogens is 1. The van der Waals surface area contributed by atoms with Crippen molar-refractivity contribution in [1.29, 1.82) is 0 Å². The summed E-state index contributed by atoms with van der Waals surface area (Å²) in [7, 11) is 1.51. The van der Waals surface area contributed by atoms with Gasteiger partial charge in [-0.05, 0) is 18.2 Å². The van der Waals surface area contributed by atoms with E-state index in [1.54, 1.807) is 18.2 Å². The number of hydrogen-bond acceptors (Lipinski definition) is 6. The molecule has 3 N–H and O–H groups in total. The fraction of sp³-hybridized carbons (Fsp3) is 0.0833. The molecule has 1 aromatic carbocycles. The molecular weight excluding hydrogens is 284 g/mol. The summed E-state index contributed by atoms with van der Waals surface area (Å²) < 4.78 is 5.04. The molecule has 8 heteroatoms. The Hall–Kier alpha value is -2.54. The molecule has 0 bridgehead atoms. The van der Waals surface area contributed by atoms with Crippen LogP contribution in [0.5, 0.6) is 5.75 Å². The molecule has 104 valence electrons. The summed E-state index contributed by atoms with van der Waals surface area (Å²) in [5.41, 5.74) is 6.00. The molecule has 2 rings (SSSR count). The smallest absolute Gasteiger partial charge is 0.276 e. The Morgan fingerprint density at radius 1 is 1.40 bits per heavy atom. The molecule has 1 heterocycles. The Labute approximate surface area is 119 Å². The molecule has 0 spiro atoms. The van der Waals surface area contributed by atoms with Crippen LogP contribution in [0.4, 0.5) is 23.0 Å². The first kappa shape index (κ1) is 13.9. The van der Waals surface area contributed by atoms with Gasteiger partial charge in [0.05, 0.1) is 29.2 Å². The first-order valence-electron chi connectivity index (χ1n) is 5.52. The molecule has 2 aromatic rings. The fourth-order valence-corrected chi connectivity index (χ4v) is 1.86. The van der Waals surface area contributed by atoms with E-state index < -0.39 is 4.92 Å². The van der Waals surface area contributed by atoms with Gasteiger partial charge in [0.15, 0.2) is 0 Å².